The number of ether oxygens (including phenoxy) is 1. The van der Waals surface area contributed by atoms with E-state index in [0.29, 0.717) is 23.4 Å². The van der Waals surface area contributed by atoms with Gasteiger partial charge in [0.15, 0.2) is 12.4 Å². The third-order valence-electron chi connectivity index (χ3n) is 3.35. The first kappa shape index (κ1) is 18.0. The highest BCUT2D eigenvalue weighted by Crippen LogP contribution is 2.14. The molecule has 0 unspecified atom stereocenters. The number of likely N-dealkylation sites (N-methyl/N-ethyl adjacent to an activating group) is 1. The maximum Gasteiger partial charge on any atom is 0.257 e. The molecule has 0 saturated heterocycles. The second kappa shape index (κ2) is 9.04. The lowest BCUT2D eigenvalue weighted by Crippen LogP contribution is -2.28. The van der Waals surface area contributed by atoms with Gasteiger partial charge in [0.1, 0.15) is 5.75 Å². The summed E-state index contributed by atoms with van der Waals surface area (Å²) in [4.78, 5) is 23.4. The Morgan fingerprint density at radius 1 is 1.12 bits per heavy atom. The molecule has 25 heavy (non-hydrogen) atoms. The number of rotatable bonds is 7. The molecule has 0 aliphatic heterocycles. The largest absolute Gasteiger partial charge is 0.484 e. The molecule has 0 radical (unpaired) electrons. The van der Waals surface area contributed by atoms with E-state index in [4.69, 9.17) is 10.00 Å². The Labute approximate surface area is 146 Å². The zero-order valence-electron chi connectivity index (χ0n) is 13.9. The Morgan fingerprint density at radius 2 is 1.80 bits per heavy atom. The van der Waals surface area contributed by atoms with Gasteiger partial charge in [-0.05, 0) is 55.0 Å². The van der Waals surface area contributed by atoms with Crippen LogP contribution < -0.4 is 10.1 Å². The average molecular weight is 334 g/mol. The van der Waals surface area contributed by atoms with Crippen molar-refractivity contribution in [1.82, 2.24) is 5.32 Å². The van der Waals surface area contributed by atoms with Crippen molar-refractivity contribution in [2.45, 2.75) is 6.92 Å². The zero-order valence-corrected chi connectivity index (χ0v) is 13.9. The molecule has 0 saturated carbocycles. The number of amides is 1. The molecule has 0 aromatic heterocycles. The van der Waals surface area contributed by atoms with Crippen LogP contribution in [-0.4, -0.2) is 24.8 Å². The third-order valence-corrected chi connectivity index (χ3v) is 3.35. The number of hydrogen-bond acceptors (Lipinski definition) is 4. The van der Waals surface area contributed by atoms with E-state index in [2.05, 4.69) is 5.32 Å². The maximum absolute atomic E-state index is 12.1. The smallest absolute Gasteiger partial charge is 0.257 e. The molecule has 0 aliphatic rings. The molecule has 2 aromatic carbocycles. The van der Waals surface area contributed by atoms with Crippen LogP contribution in [0.5, 0.6) is 5.75 Å². The molecule has 0 atom stereocenters. The lowest BCUT2D eigenvalue weighted by molar-refractivity contribution is -0.122. The Balaban J connectivity index is 1.93. The van der Waals surface area contributed by atoms with Crippen molar-refractivity contribution in [2.75, 3.05) is 13.2 Å². The number of carbonyl (C=O) groups is 2. The SMILES string of the molecule is CCNC(=O)COc1ccc(C=CC(=O)c2ccc(C#N)cc2)cc1. The summed E-state index contributed by atoms with van der Waals surface area (Å²) in [6.45, 7) is 2.39. The van der Waals surface area contributed by atoms with Crippen LogP contribution >= 0.6 is 0 Å². The number of nitrogens with zero attached hydrogens (tertiary/aromatic N) is 1. The van der Waals surface area contributed by atoms with E-state index in [1.165, 1.54) is 6.08 Å². The van der Waals surface area contributed by atoms with E-state index in [1.54, 1.807) is 54.6 Å². The first-order valence-corrected chi connectivity index (χ1v) is 7.84. The molecule has 2 aromatic rings. The van der Waals surface area contributed by atoms with E-state index in [-0.39, 0.29) is 18.3 Å². The number of nitrogens with one attached hydrogen (secondary N) is 1. The normalized spacial score (nSPS) is 10.2. The molecular weight excluding hydrogens is 316 g/mol. The van der Waals surface area contributed by atoms with E-state index in [0.717, 1.165) is 5.56 Å². The summed E-state index contributed by atoms with van der Waals surface area (Å²) in [6.07, 6.45) is 3.18. The topological polar surface area (TPSA) is 79.2 Å². The van der Waals surface area contributed by atoms with Crippen LogP contribution in [0.15, 0.2) is 54.6 Å². The zero-order chi connectivity index (χ0) is 18.1. The van der Waals surface area contributed by atoms with Crippen molar-refractivity contribution in [3.05, 3.63) is 71.3 Å². The van der Waals surface area contributed by atoms with Crippen molar-refractivity contribution in [1.29, 1.82) is 5.26 Å². The van der Waals surface area contributed by atoms with Crippen molar-refractivity contribution in [3.63, 3.8) is 0 Å². The summed E-state index contributed by atoms with van der Waals surface area (Å²) in [6, 6.07) is 15.6. The molecule has 126 valence electrons. The van der Waals surface area contributed by atoms with E-state index >= 15 is 0 Å². The molecule has 5 heteroatoms. The number of nitriles is 1. The first-order chi connectivity index (χ1) is 12.1. The Hall–Kier alpha value is -3.39. The summed E-state index contributed by atoms with van der Waals surface area (Å²) in [7, 11) is 0. The summed E-state index contributed by atoms with van der Waals surface area (Å²) in [5.41, 5.74) is 1.88. The predicted molar refractivity (Wildman–Crippen MR) is 95.1 cm³/mol. The Morgan fingerprint density at radius 3 is 2.40 bits per heavy atom. The number of hydrogen-bond donors (Lipinski definition) is 1. The molecule has 2 rings (SSSR count). The van der Waals surface area contributed by atoms with Crippen LogP contribution in [0.25, 0.3) is 6.08 Å². The minimum Gasteiger partial charge on any atom is -0.484 e. The van der Waals surface area contributed by atoms with Crippen molar-refractivity contribution < 1.29 is 14.3 Å². The van der Waals surface area contributed by atoms with E-state index < -0.39 is 0 Å². The van der Waals surface area contributed by atoms with Gasteiger partial charge in [-0.1, -0.05) is 18.2 Å². The Bertz CT molecular complexity index is 800. The van der Waals surface area contributed by atoms with Gasteiger partial charge in [-0.3, -0.25) is 9.59 Å². The van der Waals surface area contributed by atoms with Gasteiger partial charge < -0.3 is 10.1 Å². The fraction of sp³-hybridized carbons (Fsp3) is 0.150. The summed E-state index contributed by atoms with van der Waals surface area (Å²) in [5, 5.41) is 11.4. The Kier molecular flexibility index (Phi) is 6.49. The molecule has 1 amide bonds. The van der Waals surface area contributed by atoms with Crippen LogP contribution in [0.2, 0.25) is 0 Å². The minimum atomic E-state index is -0.167. The molecule has 0 bridgehead atoms. The predicted octanol–water partition coefficient (Wildman–Crippen LogP) is 2.97. The van der Waals surface area contributed by atoms with Gasteiger partial charge in [-0.25, -0.2) is 0 Å². The monoisotopic (exact) mass is 334 g/mol. The number of benzene rings is 2. The fourth-order valence-corrected chi connectivity index (χ4v) is 2.05. The van der Waals surface area contributed by atoms with Crippen LogP contribution in [0.1, 0.15) is 28.4 Å². The lowest BCUT2D eigenvalue weighted by atomic mass is 10.1. The summed E-state index contributed by atoms with van der Waals surface area (Å²) < 4.78 is 5.36. The molecule has 0 fully saturated rings. The fourth-order valence-electron chi connectivity index (χ4n) is 2.05. The molecule has 0 heterocycles. The van der Waals surface area contributed by atoms with E-state index in [9.17, 15) is 9.59 Å². The molecule has 1 N–H and O–H groups in total. The van der Waals surface area contributed by atoms with Crippen LogP contribution in [0, 0.1) is 11.3 Å². The van der Waals surface area contributed by atoms with E-state index in [1.807, 2.05) is 13.0 Å². The van der Waals surface area contributed by atoms with Gasteiger partial charge in [-0.2, -0.15) is 5.26 Å². The highest BCUT2D eigenvalue weighted by atomic mass is 16.5. The maximum atomic E-state index is 12.1. The summed E-state index contributed by atoms with van der Waals surface area (Å²) in [5.74, 6) is 0.280. The van der Waals surface area contributed by atoms with Gasteiger partial charge >= 0.3 is 0 Å². The van der Waals surface area contributed by atoms with Crippen molar-refractivity contribution >= 4 is 17.8 Å². The minimum absolute atomic E-state index is 0.0276. The quantitative estimate of drug-likeness (QED) is 0.623. The van der Waals surface area contributed by atoms with Crippen molar-refractivity contribution in [3.8, 4) is 11.8 Å². The lowest BCUT2D eigenvalue weighted by Gasteiger charge is -2.06. The molecule has 0 aliphatic carbocycles. The van der Waals surface area contributed by atoms with Gasteiger partial charge in [0, 0.05) is 12.1 Å². The number of carbonyl (C=O) groups excluding carboxylic acids is 2. The summed E-state index contributed by atoms with van der Waals surface area (Å²) >= 11 is 0. The van der Waals surface area contributed by atoms with Crippen LogP contribution in [-0.2, 0) is 4.79 Å². The van der Waals surface area contributed by atoms with Crippen LogP contribution in [0.3, 0.4) is 0 Å². The highest BCUT2D eigenvalue weighted by Gasteiger charge is 2.03. The first-order valence-electron chi connectivity index (χ1n) is 7.84. The third kappa shape index (κ3) is 5.63. The van der Waals surface area contributed by atoms with Crippen LogP contribution in [0.4, 0.5) is 0 Å². The molecule has 5 nitrogen and oxygen atoms in total. The number of allylic oxidation sites excluding steroid dienone is 1. The highest BCUT2D eigenvalue weighted by molar-refractivity contribution is 6.06. The standard InChI is InChI=1S/C20H18N2O3/c1-2-22-20(24)14-25-18-10-5-15(6-11-18)7-12-19(23)17-8-3-16(13-21)4-9-17/h3-12H,2,14H2,1H3,(H,22,24). The molecular formula is C20H18N2O3. The van der Waals surface area contributed by atoms with Gasteiger partial charge in [0.25, 0.3) is 5.91 Å². The molecule has 0 spiro atoms. The van der Waals surface area contributed by atoms with Crippen molar-refractivity contribution in [2.24, 2.45) is 0 Å². The number of ketones is 1. The second-order valence-electron chi connectivity index (χ2n) is 5.20. The van der Waals surface area contributed by atoms with Gasteiger partial charge in [0.05, 0.1) is 11.6 Å². The van der Waals surface area contributed by atoms with Gasteiger partial charge in [-0.15, -0.1) is 0 Å². The van der Waals surface area contributed by atoms with Gasteiger partial charge in [0.2, 0.25) is 0 Å². The average Bonchev–Trinajstić information content (AvgIpc) is 2.65. The second-order valence-corrected chi connectivity index (χ2v) is 5.20.